The van der Waals surface area contributed by atoms with Crippen LogP contribution >= 0.6 is 0 Å². The Hall–Kier alpha value is -6.70. The third-order valence-corrected chi connectivity index (χ3v) is 20.0. The third kappa shape index (κ3) is 20.4. The maximum Gasteiger partial charge on any atom is 0.417 e. The van der Waals surface area contributed by atoms with E-state index in [1.54, 1.807) is 36.4 Å². The Kier molecular flexibility index (Phi) is 26.4. The molecule has 3 aliphatic carbocycles. The minimum Gasteiger partial charge on any atom is -0.455 e. The fourth-order valence-electron chi connectivity index (χ4n) is 13.2. The molecule has 0 radical (unpaired) electrons. The maximum absolute atomic E-state index is 13.3. The van der Waals surface area contributed by atoms with Crippen LogP contribution in [0.4, 0.5) is 0 Å². The van der Waals surface area contributed by atoms with E-state index in [0.29, 0.717) is 103 Å². The normalized spacial score (nSPS) is 22.4. The molecule has 14 heteroatoms. The Morgan fingerprint density at radius 2 is 0.711 bits per heavy atom. The lowest BCUT2D eigenvalue weighted by Gasteiger charge is -2.40. The SMILES string of the molecule is CCCCCC(Oc1ccc(COC(=O)C(=O)OCc2ccc(OC(CCCCC)Oc3ccc(COC(=O)C(=O)C4(C)CCC(C(C)C)CC4)cc3)cc2C2(C)CCC(C(C)C)CC2)cc1)Oc1ccc(COC(=O)C(=O)C2(C)CCC(C(C)C)CC2)cc1. The van der Waals surface area contributed by atoms with Crippen LogP contribution in [0.15, 0.2) is 91.0 Å². The topological polar surface area (TPSA) is 176 Å². The highest BCUT2D eigenvalue weighted by molar-refractivity contribution is 6.36. The molecule has 7 rings (SSSR count). The van der Waals surface area contributed by atoms with Crippen LogP contribution in [0, 0.1) is 46.3 Å². The summed E-state index contributed by atoms with van der Waals surface area (Å²) in [4.78, 5) is 78.8. The van der Waals surface area contributed by atoms with Gasteiger partial charge in [-0.15, -0.1) is 0 Å². The second-order valence-electron chi connectivity index (χ2n) is 28.0. The van der Waals surface area contributed by atoms with E-state index in [4.69, 9.17) is 37.9 Å². The lowest BCUT2D eigenvalue weighted by molar-refractivity contribution is -0.169. The zero-order valence-electron chi connectivity index (χ0n) is 56.0. The summed E-state index contributed by atoms with van der Waals surface area (Å²) in [6.45, 7) is 23.4. The number of ketones is 2. The molecule has 90 heavy (non-hydrogen) atoms. The van der Waals surface area contributed by atoms with E-state index in [2.05, 4.69) is 62.3 Å². The first-order chi connectivity index (χ1) is 43.0. The molecule has 0 aliphatic heterocycles. The molecule has 3 saturated carbocycles. The molecule has 0 aromatic heterocycles. The first-order valence-corrected chi connectivity index (χ1v) is 33.8. The fourth-order valence-corrected chi connectivity index (χ4v) is 13.2. The highest BCUT2D eigenvalue weighted by Crippen LogP contribution is 2.47. The second kappa shape index (κ2) is 33.6. The van der Waals surface area contributed by atoms with Crippen LogP contribution in [-0.4, -0.2) is 48.0 Å². The van der Waals surface area contributed by atoms with Gasteiger partial charge in [-0.2, -0.15) is 0 Å². The summed E-state index contributed by atoms with van der Waals surface area (Å²) >= 11 is 0. The van der Waals surface area contributed by atoms with Crippen molar-refractivity contribution >= 4 is 35.4 Å². The lowest BCUT2D eigenvalue weighted by atomic mass is 9.65. The maximum atomic E-state index is 13.3. The smallest absolute Gasteiger partial charge is 0.417 e. The summed E-state index contributed by atoms with van der Waals surface area (Å²) in [6, 6.07) is 27.4. The summed E-state index contributed by atoms with van der Waals surface area (Å²) in [5, 5.41) is 0. The molecule has 492 valence electrons. The Morgan fingerprint density at radius 1 is 0.400 bits per heavy atom. The molecule has 4 aromatic rings. The fraction of sp³-hybridized carbons (Fsp3) is 0.605. The molecular weight excluding hydrogens is 1140 g/mol. The summed E-state index contributed by atoms with van der Waals surface area (Å²) in [5.74, 6) is 1.12. The molecule has 3 aliphatic rings. The number of esters is 4. The van der Waals surface area contributed by atoms with E-state index in [-0.39, 0.29) is 31.8 Å². The van der Waals surface area contributed by atoms with Crippen molar-refractivity contribution in [1.29, 1.82) is 0 Å². The third-order valence-electron chi connectivity index (χ3n) is 20.0. The highest BCUT2D eigenvalue weighted by atomic mass is 16.7. The number of hydrogen-bond acceptors (Lipinski definition) is 14. The molecule has 0 N–H and O–H groups in total. The van der Waals surface area contributed by atoms with Crippen molar-refractivity contribution in [3.8, 4) is 23.0 Å². The van der Waals surface area contributed by atoms with Crippen LogP contribution in [0.25, 0.3) is 0 Å². The molecule has 0 spiro atoms. The van der Waals surface area contributed by atoms with E-state index < -0.39 is 58.9 Å². The molecule has 14 nitrogen and oxygen atoms in total. The van der Waals surface area contributed by atoms with Gasteiger partial charge in [-0.1, -0.05) is 144 Å². The number of Topliss-reactive ketones (excluding diaryl/α,β-unsaturated/α-hetero) is 2. The van der Waals surface area contributed by atoms with Gasteiger partial charge in [0.2, 0.25) is 24.1 Å². The molecule has 2 atom stereocenters. The second-order valence-corrected chi connectivity index (χ2v) is 28.0. The predicted molar refractivity (Wildman–Crippen MR) is 347 cm³/mol. The first kappa shape index (κ1) is 70.8. The molecule has 3 fully saturated rings. The van der Waals surface area contributed by atoms with Gasteiger partial charge in [-0.25, -0.2) is 19.2 Å². The Bertz CT molecular complexity index is 2940. The summed E-state index contributed by atoms with van der Waals surface area (Å²) < 4.78 is 48.0. The number of hydrogen-bond donors (Lipinski definition) is 0. The van der Waals surface area contributed by atoms with Gasteiger partial charge >= 0.3 is 23.9 Å². The average Bonchev–Trinajstić information content (AvgIpc) is 1.02. The molecule has 4 aromatic carbocycles. The number of benzene rings is 4. The van der Waals surface area contributed by atoms with Gasteiger partial charge < -0.3 is 37.9 Å². The number of ether oxygens (including phenoxy) is 8. The standard InChI is InChI=1S/C76H104O14/c1-12-14-16-18-66(87-61-27-20-54(21-28-61)47-83-70(79)68(77)75(10)42-36-58(37-43-75)52(5)6)88-62-31-24-56(25-32-62)49-85-72(81)73(82)86-50-60-26-33-64(46-65(60)74(9)40-34-57(35-41-74)51(3)4)90-67(19-17-15-13-2)89-63-29-22-55(23-30-63)48-84-71(80)69(78)76(11)44-38-59(39-45-76)53(7)8/h20-33,46,51-53,57-59,66-67H,12-19,34-45,47-50H2,1-11H3. The van der Waals surface area contributed by atoms with Gasteiger partial charge in [0, 0.05) is 23.7 Å². The van der Waals surface area contributed by atoms with Crippen molar-refractivity contribution in [3.05, 3.63) is 119 Å². The minimum atomic E-state index is -1.10. The number of carbonyl (C=O) groups is 6. The Balaban J connectivity index is 0.917. The minimum absolute atomic E-state index is 0.0205. The van der Waals surface area contributed by atoms with Gasteiger partial charge in [0.05, 0.1) is 0 Å². The monoisotopic (exact) mass is 1240 g/mol. The average molecular weight is 1240 g/mol. The molecule has 0 saturated heterocycles. The van der Waals surface area contributed by atoms with Crippen LogP contribution in [0.5, 0.6) is 23.0 Å². The van der Waals surface area contributed by atoms with Crippen molar-refractivity contribution in [3.63, 3.8) is 0 Å². The van der Waals surface area contributed by atoms with Crippen LogP contribution < -0.4 is 18.9 Å². The van der Waals surface area contributed by atoms with Gasteiger partial charge in [0.25, 0.3) is 0 Å². The largest absolute Gasteiger partial charge is 0.455 e. The lowest BCUT2D eigenvalue weighted by Crippen LogP contribution is -2.39. The van der Waals surface area contributed by atoms with Crippen molar-refractivity contribution in [1.82, 2.24) is 0 Å². The van der Waals surface area contributed by atoms with Gasteiger partial charge in [-0.3, -0.25) is 9.59 Å². The van der Waals surface area contributed by atoms with Crippen LogP contribution in [-0.2, 0) is 79.6 Å². The highest BCUT2D eigenvalue weighted by Gasteiger charge is 2.44. The zero-order chi connectivity index (χ0) is 65.0. The van der Waals surface area contributed by atoms with E-state index in [9.17, 15) is 28.8 Å². The Morgan fingerprint density at radius 3 is 1.06 bits per heavy atom. The number of carbonyl (C=O) groups excluding carboxylic acids is 6. The zero-order valence-corrected chi connectivity index (χ0v) is 56.0. The van der Waals surface area contributed by atoms with Crippen molar-refractivity contribution in [2.24, 2.45) is 46.3 Å². The van der Waals surface area contributed by atoms with E-state index in [0.717, 1.165) is 112 Å². The van der Waals surface area contributed by atoms with E-state index in [1.165, 1.54) is 0 Å². The van der Waals surface area contributed by atoms with Gasteiger partial charge in [-0.05, 0) is 207 Å². The van der Waals surface area contributed by atoms with E-state index >= 15 is 0 Å². The Labute approximate surface area is 536 Å². The van der Waals surface area contributed by atoms with E-state index in [1.807, 2.05) is 68.4 Å². The molecule has 0 amide bonds. The summed E-state index contributed by atoms with van der Waals surface area (Å²) in [6.07, 6.45) is 16.4. The van der Waals surface area contributed by atoms with Crippen LogP contribution in [0.1, 0.15) is 232 Å². The van der Waals surface area contributed by atoms with Crippen molar-refractivity contribution in [2.75, 3.05) is 0 Å². The first-order valence-electron chi connectivity index (χ1n) is 33.8. The molecule has 2 unspecified atom stereocenters. The summed E-state index contributed by atoms with van der Waals surface area (Å²) in [5.41, 5.74) is 2.27. The van der Waals surface area contributed by atoms with Gasteiger partial charge in [0.15, 0.2) is 0 Å². The summed E-state index contributed by atoms with van der Waals surface area (Å²) in [7, 11) is 0. The molecule has 0 bridgehead atoms. The van der Waals surface area contributed by atoms with Crippen molar-refractivity contribution in [2.45, 2.75) is 249 Å². The van der Waals surface area contributed by atoms with Crippen LogP contribution in [0.3, 0.4) is 0 Å². The number of unbranched alkanes of at least 4 members (excludes halogenated alkanes) is 4. The van der Waals surface area contributed by atoms with Crippen LogP contribution in [0.2, 0.25) is 0 Å². The molecule has 0 heterocycles. The van der Waals surface area contributed by atoms with Crippen molar-refractivity contribution < 1.29 is 66.7 Å². The quantitative estimate of drug-likeness (QED) is 0.0148. The molecular formula is C76H104O14. The number of rotatable bonds is 32. The predicted octanol–water partition coefficient (Wildman–Crippen LogP) is 17.2. The van der Waals surface area contributed by atoms with Gasteiger partial charge in [0.1, 0.15) is 49.4 Å².